The van der Waals surface area contributed by atoms with E-state index in [1.807, 2.05) is 0 Å². The van der Waals surface area contributed by atoms with Crippen LogP contribution in [0.2, 0.25) is 0 Å². The lowest BCUT2D eigenvalue weighted by atomic mass is 10.2. The third-order valence-electron chi connectivity index (χ3n) is 2.68. The minimum atomic E-state index is -0.135. The number of aliphatic hydroxyl groups excluding tert-OH is 2. The normalized spacial score (nSPS) is 10.8. The van der Waals surface area contributed by atoms with Crippen molar-refractivity contribution in [2.24, 2.45) is 5.18 Å². The van der Waals surface area contributed by atoms with Crippen LogP contribution in [0.15, 0.2) is 21.9 Å². The van der Waals surface area contributed by atoms with Crippen molar-refractivity contribution < 1.29 is 19.7 Å². The summed E-state index contributed by atoms with van der Waals surface area (Å²) in [5, 5.41) is 35.7. The molecule has 0 aliphatic heterocycles. The van der Waals surface area contributed by atoms with Crippen LogP contribution in [0.25, 0.3) is 11.0 Å². The lowest BCUT2D eigenvalue weighted by Gasteiger charge is -2.21. The molecule has 0 atom stereocenters. The first kappa shape index (κ1) is 13.2. The van der Waals surface area contributed by atoms with Crippen molar-refractivity contribution >= 4 is 22.4 Å². The Morgan fingerprint density at radius 1 is 1.37 bits per heavy atom. The Morgan fingerprint density at radius 2 is 2.05 bits per heavy atom. The highest BCUT2D eigenvalue weighted by Gasteiger charge is 2.22. The zero-order valence-corrected chi connectivity index (χ0v) is 9.89. The molecule has 19 heavy (non-hydrogen) atoms. The molecule has 0 amide bonds. The van der Waals surface area contributed by atoms with Gasteiger partial charge in [0.2, 0.25) is 0 Å². The molecule has 9 nitrogen and oxygen atoms in total. The van der Waals surface area contributed by atoms with E-state index in [9.17, 15) is 10.1 Å². The minimum Gasteiger partial charge on any atom is -0.395 e. The van der Waals surface area contributed by atoms with Gasteiger partial charge in [0.25, 0.3) is 11.0 Å². The Bertz CT molecular complexity index is 579. The van der Waals surface area contributed by atoms with Crippen molar-refractivity contribution in [2.75, 3.05) is 31.2 Å². The summed E-state index contributed by atoms with van der Waals surface area (Å²) in [7, 11) is 0. The Labute approximate surface area is 107 Å². The molecule has 1 aromatic heterocycles. The molecule has 2 aromatic rings. The summed E-state index contributed by atoms with van der Waals surface area (Å²) in [5.41, 5.74) is 0.481. The average Bonchev–Trinajstić information content (AvgIpc) is 2.80. The standard InChI is InChI=1S/C10H12N4O5/c15-5-3-13(4-6-16)8-2-1-7(11-17)10-9(8)12-19-14(10)18/h1-2,15-16H,3-6H2. The van der Waals surface area contributed by atoms with E-state index in [0.717, 1.165) is 0 Å². The van der Waals surface area contributed by atoms with Gasteiger partial charge in [0.15, 0.2) is 5.69 Å². The quantitative estimate of drug-likeness (QED) is 0.541. The first-order chi connectivity index (χ1) is 9.22. The zero-order chi connectivity index (χ0) is 13.8. The summed E-state index contributed by atoms with van der Waals surface area (Å²) in [4.78, 5) is 12.4. The number of nitrogens with zero attached hydrogens (tertiary/aromatic N) is 4. The van der Waals surface area contributed by atoms with Crippen LogP contribution in [0.4, 0.5) is 11.4 Å². The lowest BCUT2D eigenvalue weighted by molar-refractivity contribution is -0.782. The van der Waals surface area contributed by atoms with Crippen molar-refractivity contribution in [2.45, 2.75) is 0 Å². The summed E-state index contributed by atoms with van der Waals surface area (Å²) < 4.78 is 4.47. The third kappa shape index (κ3) is 2.33. The average molecular weight is 268 g/mol. The molecule has 0 aliphatic rings. The Morgan fingerprint density at radius 3 is 2.63 bits per heavy atom. The van der Waals surface area contributed by atoms with Crippen LogP contribution in [-0.2, 0) is 0 Å². The van der Waals surface area contributed by atoms with Crippen molar-refractivity contribution in [1.82, 2.24) is 5.16 Å². The minimum absolute atomic E-state index is 0.0756. The number of aromatic nitrogens is 2. The molecule has 0 unspecified atom stereocenters. The second kappa shape index (κ2) is 5.59. The second-order valence-corrected chi connectivity index (χ2v) is 3.76. The van der Waals surface area contributed by atoms with Gasteiger partial charge in [-0.1, -0.05) is 0 Å². The molecular formula is C10H12N4O5. The van der Waals surface area contributed by atoms with Gasteiger partial charge in [-0.15, -0.1) is 4.91 Å². The van der Waals surface area contributed by atoms with E-state index in [4.69, 9.17) is 10.2 Å². The molecule has 0 fully saturated rings. The number of benzene rings is 1. The van der Waals surface area contributed by atoms with Crippen molar-refractivity contribution in [1.29, 1.82) is 0 Å². The topological polar surface area (TPSA) is 126 Å². The summed E-state index contributed by atoms with van der Waals surface area (Å²) in [6.45, 7) is 0.222. The van der Waals surface area contributed by atoms with E-state index in [2.05, 4.69) is 15.0 Å². The number of rotatable bonds is 6. The predicted octanol–water partition coefficient (Wildman–Crippen LogP) is -0.350. The fourth-order valence-corrected chi connectivity index (χ4v) is 1.87. The maximum absolute atomic E-state index is 11.4. The largest absolute Gasteiger partial charge is 0.395 e. The number of nitroso groups, excluding NO2 is 1. The molecule has 9 heteroatoms. The molecule has 1 aromatic carbocycles. The van der Waals surface area contributed by atoms with Gasteiger partial charge in [-0.25, -0.2) is 0 Å². The Kier molecular flexibility index (Phi) is 3.88. The highest BCUT2D eigenvalue weighted by molar-refractivity contribution is 5.93. The molecule has 2 rings (SSSR count). The van der Waals surface area contributed by atoms with E-state index < -0.39 is 0 Å². The van der Waals surface area contributed by atoms with Crippen LogP contribution in [-0.4, -0.2) is 41.7 Å². The maximum atomic E-state index is 11.4. The van der Waals surface area contributed by atoms with Crippen LogP contribution < -0.4 is 9.80 Å². The predicted molar refractivity (Wildman–Crippen MR) is 64.8 cm³/mol. The highest BCUT2D eigenvalue weighted by atomic mass is 16.8. The van der Waals surface area contributed by atoms with E-state index in [1.54, 1.807) is 4.90 Å². The number of anilines is 1. The molecule has 0 bridgehead atoms. The van der Waals surface area contributed by atoms with Gasteiger partial charge in [-0.05, 0) is 22.2 Å². The van der Waals surface area contributed by atoms with Gasteiger partial charge >= 0.3 is 0 Å². The number of hydrogen-bond acceptors (Lipinski definition) is 8. The van der Waals surface area contributed by atoms with Crippen LogP contribution in [0.3, 0.4) is 0 Å². The Hall–Kier alpha value is -2.26. The van der Waals surface area contributed by atoms with Crippen molar-refractivity contribution in [3.05, 3.63) is 22.2 Å². The van der Waals surface area contributed by atoms with E-state index in [0.29, 0.717) is 5.69 Å². The van der Waals surface area contributed by atoms with Gasteiger partial charge in [0, 0.05) is 18.2 Å². The molecule has 0 saturated carbocycles. The van der Waals surface area contributed by atoms with Gasteiger partial charge < -0.3 is 20.3 Å². The maximum Gasteiger partial charge on any atom is 0.274 e. The number of fused-ring (bicyclic) bond motifs is 1. The summed E-state index contributed by atoms with van der Waals surface area (Å²) in [6, 6.07) is 2.89. The lowest BCUT2D eigenvalue weighted by Crippen LogP contribution is -2.30. The van der Waals surface area contributed by atoms with Gasteiger partial charge in [0.1, 0.15) is 0 Å². The smallest absolute Gasteiger partial charge is 0.274 e. The van der Waals surface area contributed by atoms with Gasteiger partial charge in [-0.2, -0.15) is 0 Å². The zero-order valence-electron chi connectivity index (χ0n) is 9.89. The van der Waals surface area contributed by atoms with Crippen LogP contribution in [0.5, 0.6) is 0 Å². The van der Waals surface area contributed by atoms with Crippen molar-refractivity contribution in [3.8, 4) is 0 Å². The van der Waals surface area contributed by atoms with E-state index in [-0.39, 0.29) is 47.9 Å². The summed E-state index contributed by atoms with van der Waals surface area (Å²) in [6.07, 6.45) is 0. The fraction of sp³-hybridized carbons (Fsp3) is 0.400. The molecule has 0 aliphatic carbocycles. The summed E-state index contributed by atoms with van der Waals surface area (Å²) in [5.74, 6) is 0. The molecule has 2 N–H and O–H groups in total. The number of aliphatic hydroxyl groups is 2. The van der Waals surface area contributed by atoms with Crippen LogP contribution >= 0.6 is 0 Å². The highest BCUT2D eigenvalue weighted by Crippen LogP contribution is 2.30. The second-order valence-electron chi connectivity index (χ2n) is 3.76. The van der Waals surface area contributed by atoms with E-state index >= 15 is 0 Å². The van der Waals surface area contributed by atoms with Crippen LogP contribution in [0, 0.1) is 10.1 Å². The molecule has 102 valence electrons. The van der Waals surface area contributed by atoms with Crippen molar-refractivity contribution in [3.63, 3.8) is 0 Å². The first-order valence-corrected chi connectivity index (χ1v) is 5.55. The Balaban J connectivity index is 2.57. The summed E-state index contributed by atoms with van der Waals surface area (Å²) >= 11 is 0. The fourth-order valence-electron chi connectivity index (χ4n) is 1.87. The van der Waals surface area contributed by atoms with Crippen LogP contribution in [0.1, 0.15) is 0 Å². The van der Waals surface area contributed by atoms with Gasteiger partial charge in [-0.3, -0.25) is 4.63 Å². The molecule has 1 heterocycles. The molecule has 0 radical (unpaired) electrons. The molecule has 0 saturated heterocycles. The molecular weight excluding hydrogens is 256 g/mol. The third-order valence-corrected chi connectivity index (χ3v) is 2.68. The monoisotopic (exact) mass is 268 g/mol. The van der Waals surface area contributed by atoms with Gasteiger partial charge in [0.05, 0.1) is 18.9 Å². The first-order valence-electron chi connectivity index (χ1n) is 5.55. The SMILES string of the molecule is O=Nc1ccc(N(CCO)CCO)c2no[n+]([O-])c12. The molecule has 0 spiro atoms. The number of hydrogen-bond donors (Lipinski definition) is 2. The van der Waals surface area contributed by atoms with E-state index in [1.165, 1.54) is 12.1 Å².